The summed E-state index contributed by atoms with van der Waals surface area (Å²) in [6.07, 6.45) is 0. The average Bonchev–Trinajstić information content (AvgIpc) is 3.03. The van der Waals surface area contributed by atoms with Crippen LogP contribution >= 0.6 is 11.8 Å². The Morgan fingerprint density at radius 2 is 1.86 bits per heavy atom. The summed E-state index contributed by atoms with van der Waals surface area (Å²) < 4.78 is 5.32. The second kappa shape index (κ2) is 6.45. The molecule has 0 atom stereocenters. The minimum Gasteiger partial charge on any atom is -0.423 e. The summed E-state index contributed by atoms with van der Waals surface area (Å²) in [7, 11) is 0. The Kier molecular flexibility index (Phi) is 4.21. The molecule has 0 aromatic heterocycles. The summed E-state index contributed by atoms with van der Waals surface area (Å²) in [6.45, 7) is 0.861. The number of amidine groups is 1. The Morgan fingerprint density at radius 1 is 1.10 bits per heavy atom. The standard InChI is InChI=1S/C16H14N2O2S/c19-15(12-4-2-1-3-5-12)20-14-8-6-13(7-9-14)18-16-17-10-11-21-16/h1-9H,10-11H2,(H,17,18). The maximum Gasteiger partial charge on any atom is 0.343 e. The molecule has 1 aliphatic heterocycles. The number of nitrogens with zero attached hydrogens (tertiary/aromatic N) is 1. The highest BCUT2D eigenvalue weighted by atomic mass is 32.2. The number of nitrogens with one attached hydrogen (secondary N) is 1. The molecule has 0 radical (unpaired) electrons. The van der Waals surface area contributed by atoms with E-state index in [0.717, 1.165) is 23.2 Å². The Morgan fingerprint density at radius 3 is 2.52 bits per heavy atom. The van der Waals surface area contributed by atoms with Crippen LogP contribution in [0.1, 0.15) is 10.4 Å². The van der Waals surface area contributed by atoms with Crippen LogP contribution in [0.25, 0.3) is 0 Å². The number of rotatable bonds is 3. The second-order valence-electron chi connectivity index (χ2n) is 4.44. The number of carbonyl (C=O) groups is 1. The molecule has 5 heteroatoms. The van der Waals surface area contributed by atoms with Crippen LogP contribution < -0.4 is 10.1 Å². The molecule has 0 aliphatic carbocycles. The van der Waals surface area contributed by atoms with Gasteiger partial charge in [0.15, 0.2) is 5.17 Å². The smallest absolute Gasteiger partial charge is 0.343 e. The number of thioether (sulfide) groups is 1. The quantitative estimate of drug-likeness (QED) is 0.697. The molecule has 2 aromatic rings. The summed E-state index contributed by atoms with van der Waals surface area (Å²) >= 11 is 1.70. The zero-order valence-electron chi connectivity index (χ0n) is 11.3. The van der Waals surface area contributed by atoms with E-state index < -0.39 is 0 Å². The van der Waals surface area contributed by atoms with Gasteiger partial charge in [-0.1, -0.05) is 30.0 Å². The van der Waals surface area contributed by atoms with Crippen LogP contribution in [0.4, 0.5) is 5.69 Å². The van der Waals surface area contributed by atoms with Gasteiger partial charge in [0.2, 0.25) is 0 Å². The van der Waals surface area contributed by atoms with Gasteiger partial charge in [-0.2, -0.15) is 0 Å². The molecule has 0 saturated carbocycles. The summed E-state index contributed by atoms with van der Waals surface area (Å²) in [6, 6.07) is 16.2. The van der Waals surface area contributed by atoms with Crippen molar-refractivity contribution in [1.82, 2.24) is 0 Å². The molecule has 0 unspecified atom stereocenters. The third kappa shape index (κ3) is 3.64. The van der Waals surface area contributed by atoms with Gasteiger partial charge in [-0.05, 0) is 36.4 Å². The Labute approximate surface area is 127 Å². The molecule has 1 heterocycles. The van der Waals surface area contributed by atoms with Gasteiger partial charge in [0.1, 0.15) is 5.75 Å². The first kappa shape index (κ1) is 13.7. The van der Waals surface area contributed by atoms with Crippen molar-refractivity contribution < 1.29 is 9.53 Å². The molecular weight excluding hydrogens is 284 g/mol. The lowest BCUT2D eigenvalue weighted by Crippen LogP contribution is -2.08. The molecule has 0 bridgehead atoms. The van der Waals surface area contributed by atoms with Crippen molar-refractivity contribution in [3.8, 4) is 5.75 Å². The third-order valence-electron chi connectivity index (χ3n) is 2.91. The summed E-state index contributed by atoms with van der Waals surface area (Å²) in [5.74, 6) is 1.19. The molecule has 0 saturated heterocycles. The lowest BCUT2D eigenvalue weighted by molar-refractivity contribution is 0.0735. The molecule has 21 heavy (non-hydrogen) atoms. The van der Waals surface area contributed by atoms with E-state index in [1.54, 1.807) is 36.0 Å². The van der Waals surface area contributed by atoms with Crippen molar-refractivity contribution >= 4 is 28.6 Å². The number of hydrogen-bond acceptors (Lipinski definition) is 5. The number of hydrogen-bond donors (Lipinski definition) is 1. The normalized spacial score (nSPS) is 13.6. The topological polar surface area (TPSA) is 50.7 Å². The van der Waals surface area contributed by atoms with Crippen molar-refractivity contribution in [2.24, 2.45) is 4.99 Å². The fraction of sp³-hybridized carbons (Fsp3) is 0.125. The maximum absolute atomic E-state index is 11.9. The zero-order chi connectivity index (χ0) is 14.5. The number of carbonyl (C=O) groups excluding carboxylic acids is 1. The van der Waals surface area contributed by atoms with Gasteiger partial charge in [-0.3, -0.25) is 4.99 Å². The molecule has 2 aromatic carbocycles. The first-order chi connectivity index (χ1) is 10.3. The van der Waals surface area contributed by atoms with Crippen molar-refractivity contribution in [1.29, 1.82) is 0 Å². The molecule has 0 spiro atoms. The first-order valence-corrected chi connectivity index (χ1v) is 7.61. The lowest BCUT2D eigenvalue weighted by Gasteiger charge is -2.07. The summed E-state index contributed by atoms with van der Waals surface area (Å²) in [4.78, 5) is 16.2. The lowest BCUT2D eigenvalue weighted by atomic mass is 10.2. The predicted octanol–water partition coefficient (Wildman–Crippen LogP) is 3.42. The van der Waals surface area contributed by atoms with Crippen LogP contribution in [0.15, 0.2) is 59.6 Å². The van der Waals surface area contributed by atoms with E-state index in [9.17, 15) is 4.79 Å². The number of ether oxygens (including phenoxy) is 1. The van der Waals surface area contributed by atoms with E-state index in [-0.39, 0.29) is 5.97 Å². The van der Waals surface area contributed by atoms with Gasteiger partial charge < -0.3 is 10.1 Å². The van der Waals surface area contributed by atoms with E-state index in [0.29, 0.717) is 11.3 Å². The number of benzene rings is 2. The Bertz CT molecular complexity index is 654. The number of anilines is 1. The first-order valence-electron chi connectivity index (χ1n) is 6.63. The minimum atomic E-state index is -0.355. The number of esters is 1. The van der Waals surface area contributed by atoms with E-state index in [1.165, 1.54) is 0 Å². The Balaban J connectivity index is 1.63. The van der Waals surface area contributed by atoms with Gasteiger partial charge in [0.05, 0.1) is 12.1 Å². The van der Waals surface area contributed by atoms with Crippen LogP contribution in [0, 0.1) is 0 Å². The third-order valence-corrected chi connectivity index (χ3v) is 3.80. The van der Waals surface area contributed by atoms with Crippen LogP contribution in [-0.2, 0) is 0 Å². The maximum atomic E-state index is 11.9. The molecule has 4 nitrogen and oxygen atoms in total. The fourth-order valence-corrected chi connectivity index (χ4v) is 2.63. The van der Waals surface area contributed by atoms with E-state index >= 15 is 0 Å². The van der Waals surface area contributed by atoms with Crippen molar-refractivity contribution in [3.63, 3.8) is 0 Å². The predicted molar refractivity (Wildman–Crippen MR) is 86.2 cm³/mol. The van der Waals surface area contributed by atoms with Gasteiger partial charge in [0.25, 0.3) is 0 Å². The molecule has 1 aliphatic rings. The van der Waals surface area contributed by atoms with Crippen LogP contribution in [0.2, 0.25) is 0 Å². The molecule has 3 rings (SSSR count). The highest BCUT2D eigenvalue weighted by molar-refractivity contribution is 8.14. The van der Waals surface area contributed by atoms with E-state index in [2.05, 4.69) is 10.3 Å². The molecule has 1 N–H and O–H groups in total. The highest BCUT2D eigenvalue weighted by Gasteiger charge is 2.09. The van der Waals surface area contributed by atoms with Crippen molar-refractivity contribution in [2.75, 3.05) is 17.6 Å². The van der Waals surface area contributed by atoms with Crippen molar-refractivity contribution in [3.05, 3.63) is 60.2 Å². The molecule has 0 fully saturated rings. The summed E-state index contributed by atoms with van der Waals surface area (Å²) in [5.41, 5.74) is 1.47. The molecule has 106 valence electrons. The SMILES string of the molecule is O=C(Oc1ccc(NC2=NCCS2)cc1)c1ccccc1. The molecule has 0 amide bonds. The zero-order valence-corrected chi connectivity index (χ0v) is 12.1. The number of aliphatic imine (C=N–C) groups is 1. The largest absolute Gasteiger partial charge is 0.423 e. The Hall–Kier alpha value is -2.27. The van der Waals surface area contributed by atoms with Gasteiger partial charge in [-0.25, -0.2) is 4.79 Å². The second-order valence-corrected chi connectivity index (χ2v) is 5.52. The van der Waals surface area contributed by atoms with Gasteiger partial charge in [0, 0.05) is 11.4 Å². The average molecular weight is 298 g/mol. The van der Waals surface area contributed by atoms with Crippen LogP contribution in [-0.4, -0.2) is 23.4 Å². The molecular formula is C16H14N2O2S. The van der Waals surface area contributed by atoms with Crippen LogP contribution in [0.5, 0.6) is 5.75 Å². The van der Waals surface area contributed by atoms with Gasteiger partial charge >= 0.3 is 5.97 Å². The fourth-order valence-electron chi connectivity index (χ4n) is 1.88. The minimum absolute atomic E-state index is 0.355. The van der Waals surface area contributed by atoms with Crippen molar-refractivity contribution in [2.45, 2.75) is 0 Å². The highest BCUT2D eigenvalue weighted by Crippen LogP contribution is 2.20. The van der Waals surface area contributed by atoms with E-state index in [1.807, 2.05) is 30.3 Å². The van der Waals surface area contributed by atoms with Gasteiger partial charge in [-0.15, -0.1) is 0 Å². The van der Waals surface area contributed by atoms with Crippen LogP contribution in [0.3, 0.4) is 0 Å². The van der Waals surface area contributed by atoms with E-state index in [4.69, 9.17) is 4.74 Å². The summed E-state index contributed by atoms with van der Waals surface area (Å²) in [5, 5.41) is 4.16. The monoisotopic (exact) mass is 298 g/mol.